The van der Waals surface area contributed by atoms with Gasteiger partial charge in [0, 0.05) is 11.3 Å². The van der Waals surface area contributed by atoms with Crippen LogP contribution in [-0.2, 0) is 16.6 Å². The highest BCUT2D eigenvalue weighted by Gasteiger charge is 2.28. The smallest absolute Gasteiger partial charge is 0.343 e. The Labute approximate surface area is 205 Å². The Morgan fingerprint density at radius 1 is 1.00 bits per heavy atom. The molecule has 2 heterocycles. The predicted molar refractivity (Wildman–Crippen MR) is 135 cm³/mol. The van der Waals surface area contributed by atoms with Gasteiger partial charge in [0.15, 0.2) is 5.84 Å². The number of ether oxygens (including phenoxy) is 1. The number of rotatable bonds is 5. The minimum Gasteiger partial charge on any atom is -0.422 e. The second-order valence-corrected chi connectivity index (χ2v) is 10.7. The molecule has 0 aliphatic carbocycles. The molecular weight excluding hydrogens is 462 g/mol. The topological polar surface area (TPSA) is 89.3 Å². The highest BCUT2D eigenvalue weighted by atomic mass is 32.2. The van der Waals surface area contributed by atoms with Crippen molar-refractivity contribution in [1.82, 2.24) is 0 Å². The first-order chi connectivity index (χ1) is 16.9. The Morgan fingerprint density at radius 3 is 2.51 bits per heavy atom. The summed E-state index contributed by atoms with van der Waals surface area (Å²) in [5.74, 6) is 0.405. The predicted octanol–water partition coefficient (Wildman–Crippen LogP) is 3.34. The summed E-state index contributed by atoms with van der Waals surface area (Å²) in [7, 11) is -3.71. The molecule has 0 saturated carbocycles. The number of fused-ring (bicyclic) bond motifs is 1. The van der Waals surface area contributed by atoms with Crippen molar-refractivity contribution in [2.45, 2.75) is 37.6 Å². The Balaban J connectivity index is 1.43. The average Bonchev–Trinajstić information content (AvgIpc) is 3.11. The van der Waals surface area contributed by atoms with Gasteiger partial charge in [-0.25, -0.2) is 4.79 Å². The third-order valence-electron chi connectivity index (χ3n) is 6.45. The van der Waals surface area contributed by atoms with Gasteiger partial charge in [0.1, 0.15) is 17.2 Å². The molecule has 2 aliphatic heterocycles. The van der Waals surface area contributed by atoms with Crippen LogP contribution in [0.25, 0.3) is 0 Å². The van der Waals surface area contributed by atoms with E-state index in [2.05, 4.69) is 9.71 Å². The van der Waals surface area contributed by atoms with E-state index in [1.54, 1.807) is 48.5 Å². The van der Waals surface area contributed by atoms with Crippen molar-refractivity contribution >= 4 is 27.5 Å². The lowest BCUT2D eigenvalue weighted by Gasteiger charge is -2.24. The molecule has 0 unspecified atom stereocenters. The van der Waals surface area contributed by atoms with Crippen molar-refractivity contribution in [1.29, 1.82) is 0 Å². The molecule has 1 saturated heterocycles. The van der Waals surface area contributed by atoms with E-state index in [1.807, 2.05) is 25.1 Å². The minimum atomic E-state index is -3.71. The van der Waals surface area contributed by atoms with Gasteiger partial charge in [-0.1, -0.05) is 29.8 Å². The van der Waals surface area contributed by atoms with E-state index >= 15 is 0 Å². The second-order valence-electron chi connectivity index (χ2n) is 9.10. The number of likely N-dealkylation sites (tertiary alicyclic amines) is 1. The van der Waals surface area contributed by atoms with Crippen molar-refractivity contribution in [3.05, 3.63) is 89.0 Å². The number of hydrogen-bond donors (Lipinski definition) is 2. The number of esters is 1. The van der Waals surface area contributed by atoms with Gasteiger partial charge >= 0.3 is 5.97 Å². The van der Waals surface area contributed by atoms with E-state index in [9.17, 15) is 13.2 Å². The number of nitrogens with one attached hydrogen (secondary N) is 2. The minimum absolute atomic E-state index is 0.198. The first-order valence-corrected chi connectivity index (χ1v) is 13.3. The summed E-state index contributed by atoms with van der Waals surface area (Å²) in [5, 5.41) is 3.17. The number of carbonyl (C=O) groups is 1. The standard InChI is InChI=1S/C27H27N3O4S/c1-19-9-11-20(12-10-19)27(31)34-24-14-13-22(17-21(24)18-30-15-5-2-6-16-30)28-26-23-7-3-4-8-25(23)35(32,33)29-26/h3-4,7-14,17H,2,5-6,15-16,18H2,1H3,(H,28,29)/p+1. The molecule has 3 aromatic carbocycles. The first kappa shape index (κ1) is 23.3. The van der Waals surface area contributed by atoms with Crippen LogP contribution < -0.4 is 15.0 Å². The van der Waals surface area contributed by atoms with Gasteiger partial charge in [0.05, 0.1) is 24.2 Å². The van der Waals surface area contributed by atoms with Crippen molar-refractivity contribution in [3.8, 4) is 5.75 Å². The van der Waals surface area contributed by atoms with Gasteiger partial charge < -0.3 is 15.0 Å². The summed E-state index contributed by atoms with van der Waals surface area (Å²) in [6.07, 6.45) is 3.60. The van der Waals surface area contributed by atoms with Gasteiger partial charge in [0.25, 0.3) is 10.0 Å². The van der Waals surface area contributed by atoms with E-state index in [4.69, 9.17) is 4.74 Å². The third-order valence-corrected chi connectivity index (χ3v) is 7.78. The van der Waals surface area contributed by atoms with Crippen LogP contribution in [0, 0.1) is 6.92 Å². The van der Waals surface area contributed by atoms with Crippen LogP contribution in [0.3, 0.4) is 0 Å². The zero-order chi connectivity index (χ0) is 24.4. The lowest BCUT2D eigenvalue weighted by molar-refractivity contribution is -0.918. The molecule has 0 aromatic heterocycles. The molecule has 2 N–H and O–H groups in total. The van der Waals surface area contributed by atoms with E-state index in [0.29, 0.717) is 34.9 Å². The number of anilines is 1. The molecule has 5 rings (SSSR count). The largest absolute Gasteiger partial charge is 0.422 e. The Kier molecular flexibility index (Phi) is 6.40. The number of piperidine rings is 1. The maximum Gasteiger partial charge on any atom is 0.343 e. The van der Waals surface area contributed by atoms with E-state index < -0.39 is 16.0 Å². The van der Waals surface area contributed by atoms with Crippen LogP contribution in [0.15, 0.2) is 76.0 Å². The normalized spacial score (nSPS) is 16.9. The van der Waals surface area contributed by atoms with Gasteiger partial charge in [-0.2, -0.15) is 8.42 Å². The summed E-state index contributed by atoms with van der Waals surface area (Å²) < 4.78 is 34.6. The lowest BCUT2D eigenvalue weighted by atomic mass is 10.1. The Bertz CT molecular complexity index is 1390. The van der Waals surface area contributed by atoms with Crippen molar-refractivity contribution in [2.24, 2.45) is 4.40 Å². The van der Waals surface area contributed by atoms with Crippen LogP contribution in [-0.4, -0.2) is 33.3 Å². The Hall–Kier alpha value is -3.49. The summed E-state index contributed by atoms with van der Waals surface area (Å²) >= 11 is 0. The molecule has 0 spiro atoms. The number of nitrogens with zero attached hydrogens (tertiary/aromatic N) is 1. The van der Waals surface area contributed by atoms with Crippen molar-refractivity contribution in [3.63, 3.8) is 0 Å². The molecular formula is C27H28N3O4S+. The Morgan fingerprint density at radius 2 is 1.74 bits per heavy atom. The summed E-state index contributed by atoms with van der Waals surface area (Å²) in [5.41, 5.74) is 3.70. The quantitative estimate of drug-likeness (QED) is 0.423. The van der Waals surface area contributed by atoms with Crippen LogP contribution in [0.4, 0.5) is 5.69 Å². The maximum atomic E-state index is 12.8. The molecule has 0 bridgehead atoms. The zero-order valence-corrected chi connectivity index (χ0v) is 20.4. The molecule has 2 aliphatic rings. The summed E-state index contributed by atoms with van der Waals surface area (Å²) in [6.45, 7) is 4.83. The highest BCUT2D eigenvalue weighted by Crippen LogP contribution is 2.29. The van der Waals surface area contributed by atoms with Crippen LogP contribution in [0.5, 0.6) is 5.75 Å². The molecule has 35 heavy (non-hydrogen) atoms. The fourth-order valence-corrected chi connectivity index (χ4v) is 5.75. The third kappa shape index (κ3) is 5.13. The van der Waals surface area contributed by atoms with Crippen molar-refractivity contribution in [2.75, 3.05) is 18.4 Å². The van der Waals surface area contributed by atoms with Crippen molar-refractivity contribution < 1.29 is 22.8 Å². The van der Waals surface area contributed by atoms with Gasteiger partial charge in [-0.15, -0.1) is 4.40 Å². The number of benzene rings is 3. The van der Waals surface area contributed by atoms with Crippen LogP contribution in [0.1, 0.15) is 46.3 Å². The molecule has 0 atom stereocenters. The molecule has 8 heteroatoms. The van der Waals surface area contributed by atoms with E-state index in [0.717, 1.165) is 24.2 Å². The molecule has 0 radical (unpaired) electrons. The van der Waals surface area contributed by atoms with Gasteiger partial charge in [0.2, 0.25) is 0 Å². The number of hydrogen-bond acceptors (Lipinski definition) is 5. The van der Waals surface area contributed by atoms with E-state index in [-0.39, 0.29) is 4.90 Å². The molecule has 0 amide bonds. The van der Waals surface area contributed by atoms with Crippen LogP contribution >= 0.6 is 0 Å². The van der Waals surface area contributed by atoms with Gasteiger partial charge in [-0.05, 0) is 68.7 Å². The fourth-order valence-electron chi connectivity index (χ4n) is 4.57. The highest BCUT2D eigenvalue weighted by molar-refractivity contribution is 7.90. The summed E-state index contributed by atoms with van der Waals surface area (Å²) in [6, 6.07) is 19.5. The molecule has 7 nitrogen and oxygen atoms in total. The lowest BCUT2D eigenvalue weighted by Crippen LogP contribution is -3.11. The SMILES string of the molecule is Cc1ccc(C(=O)Oc2ccc(NC3=NS(=O)(=O)c4ccccc43)cc2C[NH+]2CCCCC2)cc1. The number of sulfonamides is 1. The number of quaternary nitrogens is 1. The second kappa shape index (κ2) is 9.64. The molecule has 3 aromatic rings. The zero-order valence-electron chi connectivity index (χ0n) is 19.6. The fraction of sp³-hybridized carbons (Fsp3) is 0.259. The van der Waals surface area contributed by atoms with E-state index in [1.165, 1.54) is 24.2 Å². The molecule has 1 fully saturated rings. The van der Waals surface area contributed by atoms with Gasteiger partial charge in [-0.3, -0.25) is 0 Å². The number of amidine groups is 1. The molecule has 180 valence electrons. The summed E-state index contributed by atoms with van der Waals surface area (Å²) in [4.78, 5) is 14.4. The van der Waals surface area contributed by atoms with Crippen LogP contribution in [0.2, 0.25) is 0 Å². The maximum absolute atomic E-state index is 12.8. The first-order valence-electron chi connectivity index (χ1n) is 11.9. The number of carbonyl (C=O) groups excluding carboxylic acids is 1. The average molecular weight is 491 g/mol. The monoisotopic (exact) mass is 490 g/mol. The number of aryl methyl sites for hydroxylation is 1.